The second-order valence-electron chi connectivity index (χ2n) is 7.77. The molecule has 26 heavy (non-hydrogen) atoms. The molecule has 1 aliphatic rings. The molecule has 2 aromatic rings. The number of thiol groups is 1. The van der Waals surface area contributed by atoms with Crippen molar-refractivity contribution in [2.75, 3.05) is 13.1 Å². The van der Waals surface area contributed by atoms with Crippen molar-refractivity contribution in [2.45, 2.75) is 51.0 Å². The van der Waals surface area contributed by atoms with Gasteiger partial charge in [-0.05, 0) is 70.5 Å². The Morgan fingerprint density at radius 3 is 2.50 bits per heavy atom. The SMILES string of the molecule is CC(C)(C)OC(=O)n1ccc2cc(CC(N3CCCC3)[SH](=O)=O)ccc21. The van der Waals surface area contributed by atoms with Gasteiger partial charge in [0.15, 0.2) is 10.7 Å². The molecule has 1 saturated heterocycles. The molecule has 6 nitrogen and oxygen atoms in total. The summed E-state index contributed by atoms with van der Waals surface area (Å²) in [5.41, 5.74) is 1.15. The molecule has 1 aliphatic heterocycles. The number of benzene rings is 1. The molecular weight excluding hydrogens is 352 g/mol. The van der Waals surface area contributed by atoms with Gasteiger partial charge in [0.05, 0.1) is 5.52 Å². The first-order valence-electron chi connectivity index (χ1n) is 8.95. The average Bonchev–Trinajstić information content (AvgIpc) is 3.19. The first-order valence-corrected chi connectivity index (χ1v) is 10.2. The normalized spacial score (nSPS) is 17.1. The number of carbonyl (C=O) groups excluding carboxylic acids is 1. The second-order valence-corrected chi connectivity index (χ2v) is 8.94. The summed E-state index contributed by atoms with van der Waals surface area (Å²) in [7, 11) is -2.52. The fourth-order valence-corrected chi connectivity index (χ4v) is 4.23. The molecule has 1 atom stereocenters. The molecule has 0 saturated carbocycles. The topological polar surface area (TPSA) is 68.6 Å². The summed E-state index contributed by atoms with van der Waals surface area (Å²) >= 11 is 0. The minimum atomic E-state index is -2.52. The van der Waals surface area contributed by atoms with Gasteiger partial charge in [0.2, 0.25) is 0 Å². The molecule has 0 aliphatic carbocycles. The van der Waals surface area contributed by atoms with E-state index < -0.39 is 27.8 Å². The molecule has 1 aromatic carbocycles. The third-order valence-electron chi connectivity index (χ3n) is 4.57. The van der Waals surface area contributed by atoms with Crippen molar-refractivity contribution in [3.63, 3.8) is 0 Å². The molecule has 142 valence electrons. The van der Waals surface area contributed by atoms with Gasteiger partial charge in [0.25, 0.3) is 0 Å². The summed E-state index contributed by atoms with van der Waals surface area (Å²) in [5, 5.41) is 0.438. The van der Waals surface area contributed by atoms with Crippen LogP contribution in [0.3, 0.4) is 0 Å². The van der Waals surface area contributed by atoms with Crippen LogP contribution in [0.2, 0.25) is 0 Å². The summed E-state index contributed by atoms with van der Waals surface area (Å²) in [6.45, 7) is 7.17. The maximum Gasteiger partial charge on any atom is 0.418 e. The molecule has 1 aromatic heterocycles. The molecule has 0 bridgehead atoms. The van der Waals surface area contributed by atoms with E-state index in [4.69, 9.17) is 4.74 Å². The van der Waals surface area contributed by atoms with Gasteiger partial charge < -0.3 is 4.74 Å². The zero-order chi connectivity index (χ0) is 18.9. The lowest BCUT2D eigenvalue weighted by atomic mass is 10.1. The molecule has 0 radical (unpaired) electrons. The summed E-state index contributed by atoms with van der Waals surface area (Å²) in [6, 6.07) is 7.56. The molecular formula is C19H26N2O4S. The molecule has 0 spiro atoms. The van der Waals surface area contributed by atoms with Crippen LogP contribution in [0.1, 0.15) is 39.2 Å². The zero-order valence-electron chi connectivity index (χ0n) is 15.5. The maximum atomic E-state index is 12.3. The van der Waals surface area contributed by atoms with Gasteiger partial charge in [-0.2, -0.15) is 0 Å². The van der Waals surface area contributed by atoms with Gasteiger partial charge >= 0.3 is 6.09 Å². The van der Waals surface area contributed by atoms with Crippen LogP contribution < -0.4 is 0 Å². The fraction of sp³-hybridized carbons (Fsp3) is 0.526. The molecule has 0 amide bonds. The molecule has 3 rings (SSSR count). The van der Waals surface area contributed by atoms with Crippen LogP contribution in [-0.4, -0.2) is 48.0 Å². The number of hydrogen-bond donors (Lipinski definition) is 1. The van der Waals surface area contributed by atoms with E-state index in [1.165, 1.54) is 4.57 Å². The first kappa shape index (κ1) is 18.9. The van der Waals surface area contributed by atoms with Crippen LogP contribution in [0.5, 0.6) is 0 Å². The van der Waals surface area contributed by atoms with Crippen LogP contribution in [0.25, 0.3) is 10.9 Å². The first-order chi connectivity index (χ1) is 12.2. The van der Waals surface area contributed by atoms with Gasteiger partial charge in [-0.25, -0.2) is 13.2 Å². The third kappa shape index (κ3) is 4.27. The summed E-state index contributed by atoms with van der Waals surface area (Å²) < 4.78 is 30.3. The van der Waals surface area contributed by atoms with Crippen molar-refractivity contribution in [2.24, 2.45) is 0 Å². The molecule has 1 fully saturated rings. The minimum absolute atomic E-state index is 0.419. The lowest BCUT2D eigenvalue weighted by molar-refractivity contribution is 0.0544. The summed E-state index contributed by atoms with van der Waals surface area (Å²) in [6.07, 6.45) is 3.84. The Bertz CT molecular complexity index is 865. The number of carbonyl (C=O) groups is 1. The highest BCUT2D eigenvalue weighted by molar-refractivity contribution is 7.73. The van der Waals surface area contributed by atoms with Crippen LogP contribution in [0, 0.1) is 0 Å². The van der Waals surface area contributed by atoms with Crippen molar-refractivity contribution < 1.29 is 17.9 Å². The molecule has 2 heterocycles. The third-order valence-corrected chi connectivity index (χ3v) is 5.56. The molecule has 7 heteroatoms. The van der Waals surface area contributed by atoms with E-state index in [-0.39, 0.29) is 0 Å². The Morgan fingerprint density at radius 2 is 1.88 bits per heavy atom. The quantitative estimate of drug-likeness (QED) is 0.829. The average molecular weight is 378 g/mol. The van der Waals surface area contributed by atoms with E-state index in [9.17, 15) is 13.2 Å². The van der Waals surface area contributed by atoms with Crippen molar-refractivity contribution in [3.8, 4) is 0 Å². The predicted molar refractivity (Wildman–Crippen MR) is 102 cm³/mol. The minimum Gasteiger partial charge on any atom is -0.443 e. The smallest absolute Gasteiger partial charge is 0.418 e. The zero-order valence-corrected chi connectivity index (χ0v) is 16.4. The second kappa shape index (κ2) is 7.40. The lowest BCUT2D eigenvalue weighted by Gasteiger charge is -2.22. The lowest BCUT2D eigenvalue weighted by Crippen LogP contribution is -2.35. The van der Waals surface area contributed by atoms with Gasteiger partial charge in [0.1, 0.15) is 11.0 Å². The van der Waals surface area contributed by atoms with Gasteiger partial charge in [-0.15, -0.1) is 0 Å². The number of ether oxygens (including phenoxy) is 1. The largest absolute Gasteiger partial charge is 0.443 e. The number of nitrogens with zero attached hydrogens (tertiary/aromatic N) is 2. The Balaban J connectivity index is 1.82. The number of likely N-dealkylation sites (tertiary alicyclic amines) is 1. The highest BCUT2D eigenvalue weighted by atomic mass is 32.2. The van der Waals surface area contributed by atoms with E-state index in [1.807, 2.05) is 49.9 Å². The van der Waals surface area contributed by atoms with Crippen molar-refractivity contribution in [1.82, 2.24) is 9.47 Å². The van der Waals surface area contributed by atoms with E-state index >= 15 is 0 Å². The van der Waals surface area contributed by atoms with Crippen molar-refractivity contribution in [3.05, 3.63) is 36.0 Å². The van der Waals surface area contributed by atoms with Gasteiger partial charge in [0, 0.05) is 18.0 Å². The van der Waals surface area contributed by atoms with Crippen LogP contribution in [0.15, 0.2) is 30.5 Å². The Labute approximate surface area is 155 Å². The Morgan fingerprint density at radius 1 is 1.19 bits per heavy atom. The fourth-order valence-electron chi connectivity index (χ4n) is 3.38. The standard InChI is InChI=1S/C19H26N2O4S/c1-19(2,3)25-18(22)21-11-8-15-12-14(6-7-16(15)21)13-17(26(23)24)20-9-4-5-10-20/h6-8,11-12,17,26H,4-5,9-10,13H2,1-3H3. The van der Waals surface area contributed by atoms with Crippen molar-refractivity contribution >= 4 is 27.7 Å². The number of rotatable bonds is 4. The van der Waals surface area contributed by atoms with Gasteiger partial charge in [-0.1, -0.05) is 6.07 Å². The predicted octanol–water partition coefficient (Wildman–Crippen LogP) is 3.00. The Hall–Kier alpha value is -1.86. The van der Waals surface area contributed by atoms with Crippen LogP contribution in [0.4, 0.5) is 4.79 Å². The van der Waals surface area contributed by atoms with E-state index in [2.05, 4.69) is 0 Å². The monoisotopic (exact) mass is 378 g/mol. The summed E-state index contributed by atoms with van der Waals surface area (Å²) in [5.74, 6) is 0. The maximum absolute atomic E-state index is 12.3. The van der Waals surface area contributed by atoms with Gasteiger partial charge in [-0.3, -0.25) is 9.47 Å². The van der Waals surface area contributed by atoms with E-state index in [0.29, 0.717) is 6.42 Å². The van der Waals surface area contributed by atoms with Crippen LogP contribution >= 0.6 is 0 Å². The molecule has 1 unspecified atom stereocenters. The van der Waals surface area contributed by atoms with E-state index in [0.717, 1.165) is 42.4 Å². The number of hydrogen-bond acceptors (Lipinski definition) is 5. The van der Waals surface area contributed by atoms with Crippen LogP contribution in [-0.2, 0) is 21.9 Å². The highest BCUT2D eigenvalue weighted by Gasteiger charge is 2.25. The highest BCUT2D eigenvalue weighted by Crippen LogP contribution is 2.22. The number of fused-ring (bicyclic) bond motifs is 1. The van der Waals surface area contributed by atoms with Crippen molar-refractivity contribution in [1.29, 1.82) is 0 Å². The summed E-state index contributed by atoms with van der Waals surface area (Å²) in [4.78, 5) is 14.4. The number of aromatic nitrogens is 1. The molecule has 0 N–H and O–H groups in total. The Kier molecular flexibility index (Phi) is 5.39. The van der Waals surface area contributed by atoms with E-state index in [1.54, 1.807) is 6.20 Å².